The third-order valence-electron chi connectivity index (χ3n) is 2.15. The third-order valence-corrected chi connectivity index (χ3v) is 3.11. The Labute approximate surface area is 102 Å². The highest BCUT2D eigenvalue weighted by molar-refractivity contribution is 7.99. The van der Waals surface area contributed by atoms with Gasteiger partial charge in [-0.25, -0.2) is 9.97 Å². The van der Waals surface area contributed by atoms with E-state index in [1.165, 1.54) is 18.1 Å². The minimum Gasteiger partial charge on any atom is -0.382 e. The van der Waals surface area contributed by atoms with Crippen molar-refractivity contribution in [2.75, 3.05) is 19.0 Å². The van der Waals surface area contributed by atoms with E-state index in [-0.39, 0.29) is 5.56 Å². The zero-order chi connectivity index (χ0) is 12.1. The Morgan fingerprint density at radius 2 is 2.41 bits per heavy atom. The Morgan fingerprint density at radius 3 is 3.24 bits per heavy atom. The molecule has 0 unspecified atom stereocenters. The quantitative estimate of drug-likeness (QED) is 0.459. The van der Waals surface area contributed by atoms with Gasteiger partial charge in [-0.15, -0.1) is 0 Å². The van der Waals surface area contributed by atoms with Gasteiger partial charge in [0.1, 0.15) is 0 Å². The molecule has 2 N–H and O–H groups in total. The number of aromatic amines is 2. The topological polar surface area (TPSA) is 83.7 Å². The number of hydrogen-bond donors (Lipinski definition) is 2. The molecule has 0 aromatic carbocycles. The summed E-state index contributed by atoms with van der Waals surface area (Å²) in [7, 11) is 0. The maximum Gasteiger partial charge on any atom is 0.277 e. The molecule has 0 amide bonds. The molecule has 0 bridgehead atoms. The molecular weight excluding hydrogens is 240 g/mol. The first-order valence-electron chi connectivity index (χ1n) is 5.45. The van der Waals surface area contributed by atoms with Crippen LogP contribution in [0.15, 0.2) is 16.3 Å². The van der Waals surface area contributed by atoms with E-state index in [1.54, 1.807) is 0 Å². The summed E-state index contributed by atoms with van der Waals surface area (Å²) in [6.45, 7) is 3.44. The summed E-state index contributed by atoms with van der Waals surface area (Å²) in [6.07, 6.45) is 2.40. The van der Waals surface area contributed by atoms with E-state index in [0.29, 0.717) is 16.3 Å². The molecule has 2 rings (SSSR count). The summed E-state index contributed by atoms with van der Waals surface area (Å²) >= 11 is 1.50. The lowest BCUT2D eigenvalue weighted by Crippen LogP contribution is -2.09. The van der Waals surface area contributed by atoms with Crippen LogP contribution in [0, 0.1) is 0 Å². The minimum atomic E-state index is -0.181. The predicted molar refractivity (Wildman–Crippen MR) is 66.3 cm³/mol. The van der Waals surface area contributed by atoms with Crippen LogP contribution in [0.1, 0.15) is 13.3 Å². The van der Waals surface area contributed by atoms with Crippen molar-refractivity contribution < 1.29 is 4.74 Å². The average molecular weight is 254 g/mol. The summed E-state index contributed by atoms with van der Waals surface area (Å²) < 4.78 is 5.23. The molecule has 92 valence electrons. The standard InChI is InChI=1S/C10H14N4O2S/c1-2-16-4-3-5-17-10-13-8-7(9(15)14-10)11-6-12-8/h6H,2-5H2,1H3,(H2,11,12,13,14,15). The fourth-order valence-electron chi connectivity index (χ4n) is 1.37. The van der Waals surface area contributed by atoms with Crippen LogP contribution in [0.3, 0.4) is 0 Å². The maximum absolute atomic E-state index is 11.6. The van der Waals surface area contributed by atoms with Crippen LogP contribution in [-0.4, -0.2) is 38.9 Å². The molecule has 0 atom stereocenters. The predicted octanol–water partition coefficient (Wildman–Crippen LogP) is 1.16. The molecule has 0 saturated heterocycles. The molecule has 2 aromatic heterocycles. The molecule has 17 heavy (non-hydrogen) atoms. The lowest BCUT2D eigenvalue weighted by Gasteiger charge is -2.01. The SMILES string of the molecule is CCOCCCSc1nc2nc[nH]c2c(=O)[nH]1. The Morgan fingerprint density at radius 1 is 1.53 bits per heavy atom. The van der Waals surface area contributed by atoms with Crippen molar-refractivity contribution in [3.05, 3.63) is 16.7 Å². The molecule has 0 aliphatic rings. The summed E-state index contributed by atoms with van der Waals surface area (Å²) in [6, 6.07) is 0. The number of rotatable bonds is 6. The van der Waals surface area contributed by atoms with Crippen LogP contribution in [0.5, 0.6) is 0 Å². The Hall–Kier alpha value is -1.34. The summed E-state index contributed by atoms with van der Waals surface area (Å²) in [5, 5.41) is 0.603. The lowest BCUT2D eigenvalue weighted by molar-refractivity contribution is 0.149. The van der Waals surface area contributed by atoms with Crippen LogP contribution < -0.4 is 5.56 Å². The average Bonchev–Trinajstić information content (AvgIpc) is 2.77. The Bertz CT molecular complexity index is 536. The molecule has 0 radical (unpaired) electrons. The first-order valence-corrected chi connectivity index (χ1v) is 6.43. The van der Waals surface area contributed by atoms with Crippen molar-refractivity contribution >= 4 is 22.9 Å². The normalized spacial score (nSPS) is 11.1. The van der Waals surface area contributed by atoms with E-state index in [1.807, 2.05) is 6.92 Å². The highest BCUT2D eigenvalue weighted by atomic mass is 32.2. The number of H-pyrrole nitrogens is 2. The van der Waals surface area contributed by atoms with E-state index >= 15 is 0 Å². The van der Waals surface area contributed by atoms with Crippen molar-refractivity contribution in [3.8, 4) is 0 Å². The van der Waals surface area contributed by atoms with Gasteiger partial charge in [-0.05, 0) is 13.3 Å². The van der Waals surface area contributed by atoms with E-state index < -0.39 is 0 Å². The van der Waals surface area contributed by atoms with E-state index in [2.05, 4.69) is 19.9 Å². The largest absolute Gasteiger partial charge is 0.382 e. The van der Waals surface area contributed by atoms with Crippen LogP contribution >= 0.6 is 11.8 Å². The second kappa shape index (κ2) is 5.83. The van der Waals surface area contributed by atoms with E-state index in [0.717, 1.165) is 25.4 Å². The first-order chi connectivity index (χ1) is 8.31. The van der Waals surface area contributed by atoms with Gasteiger partial charge in [0.25, 0.3) is 5.56 Å². The number of aromatic nitrogens is 4. The molecule has 6 nitrogen and oxygen atoms in total. The molecule has 0 saturated carbocycles. The van der Waals surface area contributed by atoms with Gasteiger partial charge in [-0.3, -0.25) is 9.78 Å². The van der Waals surface area contributed by atoms with Gasteiger partial charge in [0, 0.05) is 19.0 Å². The maximum atomic E-state index is 11.6. The molecular formula is C10H14N4O2S. The smallest absolute Gasteiger partial charge is 0.277 e. The van der Waals surface area contributed by atoms with Gasteiger partial charge in [-0.1, -0.05) is 11.8 Å². The van der Waals surface area contributed by atoms with E-state index in [4.69, 9.17) is 4.74 Å². The monoisotopic (exact) mass is 254 g/mol. The summed E-state index contributed by atoms with van der Waals surface area (Å²) in [5.41, 5.74) is 0.699. The number of ether oxygens (including phenoxy) is 1. The number of fused-ring (bicyclic) bond motifs is 1. The van der Waals surface area contributed by atoms with E-state index in [9.17, 15) is 4.79 Å². The second-order valence-electron chi connectivity index (χ2n) is 3.37. The van der Waals surface area contributed by atoms with Gasteiger partial charge in [0.15, 0.2) is 16.3 Å². The summed E-state index contributed by atoms with van der Waals surface area (Å²) in [4.78, 5) is 25.3. The van der Waals surface area contributed by atoms with Crippen molar-refractivity contribution in [2.45, 2.75) is 18.5 Å². The molecule has 0 aliphatic heterocycles. The Balaban J connectivity index is 1.97. The zero-order valence-electron chi connectivity index (χ0n) is 9.52. The molecule has 2 heterocycles. The fraction of sp³-hybridized carbons (Fsp3) is 0.500. The molecule has 0 fully saturated rings. The first kappa shape index (κ1) is 12.1. The minimum absolute atomic E-state index is 0.181. The van der Waals surface area contributed by atoms with Crippen LogP contribution in [0.4, 0.5) is 0 Å². The van der Waals surface area contributed by atoms with Gasteiger partial charge in [0.2, 0.25) is 0 Å². The fourth-order valence-corrected chi connectivity index (χ4v) is 2.14. The van der Waals surface area contributed by atoms with Crippen molar-refractivity contribution in [1.82, 2.24) is 19.9 Å². The van der Waals surface area contributed by atoms with Crippen LogP contribution in [0.25, 0.3) is 11.2 Å². The molecule has 0 spiro atoms. The van der Waals surface area contributed by atoms with Gasteiger partial charge in [0.05, 0.1) is 6.33 Å². The number of thioether (sulfide) groups is 1. The lowest BCUT2D eigenvalue weighted by atomic mass is 10.5. The molecule has 2 aromatic rings. The number of imidazole rings is 1. The zero-order valence-corrected chi connectivity index (χ0v) is 10.3. The van der Waals surface area contributed by atoms with Gasteiger partial charge >= 0.3 is 0 Å². The number of hydrogen-bond acceptors (Lipinski definition) is 5. The summed E-state index contributed by atoms with van der Waals surface area (Å²) in [5.74, 6) is 0.860. The van der Waals surface area contributed by atoms with Crippen LogP contribution in [-0.2, 0) is 4.74 Å². The number of nitrogens with zero attached hydrogens (tertiary/aromatic N) is 2. The second-order valence-corrected chi connectivity index (χ2v) is 4.45. The Kier molecular flexibility index (Phi) is 4.16. The third kappa shape index (κ3) is 3.07. The molecule has 0 aliphatic carbocycles. The van der Waals surface area contributed by atoms with Crippen molar-refractivity contribution in [1.29, 1.82) is 0 Å². The highest BCUT2D eigenvalue weighted by Crippen LogP contribution is 2.13. The van der Waals surface area contributed by atoms with Gasteiger partial charge < -0.3 is 9.72 Å². The van der Waals surface area contributed by atoms with Crippen molar-refractivity contribution in [2.24, 2.45) is 0 Å². The van der Waals surface area contributed by atoms with Crippen molar-refractivity contribution in [3.63, 3.8) is 0 Å². The van der Waals surface area contributed by atoms with Crippen LogP contribution in [0.2, 0.25) is 0 Å². The van der Waals surface area contributed by atoms with Gasteiger partial charge in [-0.2, -0.15) is 0 Å². The number of nitrogens with one attached hydrogen (secondary N) is 2. The highest BCUT2D eigenvalue weighted by Gasteiger charge is 2.05. The molecule has 7 heteroatoms.